The van der Waals surface area contributed by atoms with Crippen LogP contribution >= 0.6 is 18.9 Å². The highest BCUT2D eigenvalue weighted by Crippen LogP contribution is 2.59. The minimum atomic E-state index is -5.75. The van der Waals surface area contributed by atoms with Crippen LogP contribution in [0.2, 0.25) is 0 Å². The van der Waals surface area contributed by atoms with Crippen LogP contribution in [0.15, 0.2) is 24.3 Å². The van der Waals surface area contributed by atoms with Crippen LogP contribution < -0.4 is 5.32 Å². The Labute approximate surface area is 247 Å². The molecule has 1 aliphatic carbocycles. The Hall–Kier alpha value is -2.40. The summed E-state index contributed by atoms with van der Waals surface area (Å²) in [5, 5.41) is 3.07. The van der Waals surface area contributed by atoms with Gasteiger partial charge in [-0.2, -0.15) is 8.78 Å². The van der Waals surface area contributed by atoms with Crippen molar-refractivity contribution in [1.82, 2.24) is 15.1 Å². The Morgan fingerprint density at radius 2 is 1.71 bits per heavy atom. The predicted molar refractivity (Wildman–Crippen MR) is 155 cm³/mol. The third kappa shape index (κ3) is 5.51. The lowest BCUT2D eigenvalue weighted by molar-refractivity contribution is -0.148. The number of carbonyl (C=O) groups excluding carboxylic acids is 3. The first kappa shape index (κ1) is 31.0. The van der Waals surface area contributed by atoms with Crippen LogP contribution in [0.5, 0.6) is 0 Å². The number of hydrogen-bond acceptors (Lipinski definition) is 5. The summed E-state index contributed by atoms with van der Waals surface area (Å²) in [6.07, 6.45) is 7.50. The van der Waals surface area contributed by atoms with Gasteiger partial charge in [0.05, 0.1) is 4.88 Å². The number of nitrogens with one attached hydrogen (secondary N) is 1. The Morgan fingerprint density at radius 3 is 2.36 bits per heavy atom. The fourth-order valence-electron chi connectivity index (χ4n) is 6.83. The van der Waals surface area contributed by atoms with Crippen molar-refractivity contribution >= 4 is 46.7 Å². The average Bonchev–Trinajstić information content (AvgIpc) is 3.72. The van der Waals surface area contributed by atoms with Gasteiger partial charge in [-0.15, -0.1) is 11.3 Å². The Bertz CT molecular complexity index is 1440. The van der Waals surface area contributed by atoms with Gasteiger partial charge >= 0.3 is 13.3 Å². The third-order valence-electron chi connectivity index (χ3n) is 9.06. The summed E-state index contributed by atoms with van der Waals surface area (Å²) >= 11 is 1.02. The lowest BCUT2D eigenvalue weighted by Gasteiger charge is -2.40. The fourth-order valence-corrected chi connectivity index (χ4v) is 8.25. The summed E-state index contributed by atoms with van der Waals surface area (Å²) in [6.45, 7) is 6.64. The zero-order valence-electron chi connectivity index (χ0n) is 24.1. The minimum Gasteiger partial charge on any atom is -0.339 e. The molecular weight excluding hydrogens is 587 g/mol. The van der Waals surface area contributed by atoms with Gasteiger partial charge in [0, 0.05) is 28.9 Å². The largest absolute Gasteiger partial charge is 0.399 e. The number of benzene rings is 1. The topological polar surface area (TPSA) is 127 Å². The van der Waals surface area contributed by atoms with E-state index in [1.807, 2.05) is 25.7 Å². The summed E-state index contributed by atoms with van der Waals surface area (Å²) in [5.41, 5.74) is -6.00. The summed E-state index contributed by atoms with van der Waals surface area (Å²) in [4.78, 5) is 63.3. The van der Waals surface area contributed by atoms with Crippen LogP contribution in [0.3, 0.4) is 0 Å². The molecule has 3 amide bonds. The van der Waals surface area contributed by atoms with E-state index in [9.17, 15) is 27.7 Å². The van der Waals surface area contributed by atoms with Crippen molar-refractivity contribution < 1.29 is 37.5 Å². The van der Waals surface area contributed by atoms with Crippen LogP contribution in [-0.4, -0.2) is 68.0 Å². The molecule has 2 aromatic rings. The van der Waals surface area contributed by atoms with Crippen LogP contribution in [0.25, 0.3) is 10.1 Å². The summed E-state index contributed by atoms with van der Waals surface area (Å²) in [7, 11) is -5.75. The number of thiophene rings is 1. The van der Waals surface area contributed by atoms with Crippen LogP contribution in [0.4, 0.5) is 8.78 Å². The Kier molecular flexibility index (Phi) is 8.09. The van der Waals surface area contributed by atoms with E-state index in [4.69, 9.17) is 9.79 Å². The second-order valence-electron chi connectivity index (χ2n) is 12.9. The molecule has 0 radical (unpaired) electrons. The molecule has 230 valence electrons. The zero-order chi connectivity index (χ0) is 30.7. The number of fused-ring (bicyclic) bond motifs is 1. The highest BCUT2D eigenvalue weighted by molar-refractivity contribution is 7.52. The lowest BCUT2D eigenvalue weighted by Crippen LogP contribution is -2.59. The van der Waals surface area contributed by atoms with Gasteiger partial charge in [0.25, 0.3) is 5.91 Å². The monoisotopic (exact) mass is 625 g/mol. The molecule has 2 atom stereocenters. The second-order valence-corrected chi connectivity index (χ2v) is 15.7. The maximum absolute atomic E-state index is 14.3. The highest BCUT2D eigenvalue weighted by Gasteiger charge is 2.51. The van der Waals surface area contributed by atoms with E-state index >= 15 is 0 Å². The van der Waals surface area contributed by atoms with Crippen molar-refractivity contribution in [3.8, 4) is 0 Å². The first-order chi connectivity index (χ1) is 19.5. The number of likely N-dealkylation sites (tertiary alicyclic amines) is 2. The molecule has 9 nitrogen and oxygen atoms in total. The quantitative estimate of drug-likeness (QED) is 0.379. The maximum Gasteiger partial charge on any atom is 0.399 e. The van der Waals surface area contributed by atoms with E-state index in [0.717, 1.165) is 62.0 Å². The van der Waals surface area contributed by atoms with Gasteiger partial charge in [-0.1, -0.05) is 39.7 Å². The van der Waals surface area contributed by atoms with Crippen molar-refractivity contribution in [3.05, 3.63) is 34.7 Å². The van der Waals surface area contributed by atoms with E-state index in [-0.39, 0.29) is 27.6 Å². The summed E-state index contributed by atoms with van der Waals surface area (Å²) < 4.78 is 40.3. The van der Waals surface area contributed by atoms with Gasteiger partial charge in [0.2, 0.25) is 11.8 Å². The molecule has 3 N–H and O–H groups in total. The Balaban J connectivity index is 1.36. The standard InChI is InChI=1S/C29H38F2N3O6PS/c1-27(2,3)23(26(37)33-14-6-8-20(33)25(36)34-15-7-13-28(34)11-4-5-12-28)32-24(35)22-17-18-16-19(9-10-21(18)42-22)29(30,31)41(38,39)40/h9-10,16-17,20,23H,4-8,11-15H2,1-3H3,(H,32,35)(H2,38,39,40)/t20-,23+/m0/s1. The first-order valence-electron chi connectivity index (χ1n) is 14.5. The molecule has 2 saturated heterocycles. The van der Waals surface area contributed by atoms with E-state index < -0.39 is 42.2 Å². The van der Waals surface area contributed by atoms with E-state index in [2.05, 4.69) is 5.32 Å². The van der Waals surface area contributed by atoms with Gasteiger partial charge in [0.1, 0.15) is 12.1 Å². The summed E-state index contributed by atoms with van der Waals surface area (Å²) in [5.74, 6) is -0.887. The molecule has 0 bridgehead atoms. The maximum atomic E-state index is 14.3. The second kappa shape index (κ2) is 10.9. The molecule has 1 aromatic carbocycles. The zero-order valence-corrected chi connectivity index (χ0v) is 25.8. The molecule has 1 saturated carbocycles. The molecule has 2 aliphatic heterocycles. The number of hydrogen-bond donors (Lipinski definition) is 3. The third-order valence-corrected chi connectivity index (χ3v) is 11.2. The van der Waals surface area contributed by atoms with Crippen molar-refractivity contribution in [2.75, 3.05) is 13.1 Å². The van der Waals surface area contributed by atoms with E-state index in [0.29, 0.717) is 30.6 Å². The minimum absolute atomic E-state index is 0.00616. The molecular formula is C29H38F2N3O6PS. The Morgan fingerprint density at radius 1 is 1.05 bits per heavy atom. The van der Waals surface area contributed by atoms with Gasteiger partial charge in [0.15, 0.2) is 0 Å². The molecule has 13 heteroatoms. The number of rotatable bonds is 6. The van der Waals surface area contributed by atoms with Crippen molar-refractivity contribution in [2.24, 2.45) is 5.41 Å². The van der Waals surface area contributed by atoms with Crippen LogP contribution in [-0.2, 0) is 19.8 Å². The smallest absolute Gasteiger partial charge is 0.339 e. The number of amides is 3. The molecule has 3 fully saturated rings. The van der Waals surface area contributed by atoms with E-state index in [1.54, 1.807) is 4.90 Å². The van der Waals surface area contributed by atoms with Crippen molar-refractivity contribution in [1.29, 1.82) is 0 Å². The predicted octanol–water partition coefficient (Wildman–Crippen LogP) is 5.20. The number of carbonyl (C=O) groups is 3. The molecule has 1 spiro atoms. The number of halogens is 2. The van der Waals surface area contributed by atoms with Crippen LogP contribution in [0, 0.1) is 5.41 Å². The van der Waals surface area contributed by atoms with Gasteiger partial charge in [-0.25, -0.2) is 0 Å². The SMILES string of the molecule is CC(C)(C)[C@H](NC(=O)c1cc2cc(C(F)(F)P(=O)(O)O)ccc2s1)C(=O)N1CCC[C@H]1C(=O)N1CCCC12CCCC2. The number of nitrogens with zero attached hydrogens (tertiary/aromatic N) is 2. The molecule has 42 heavy (non-hydrogen) atoms. The fraction of sp³-hybridized carbons (Fsp3) is 0.621. The highest BCUT2D eigenvalue weighted by atomic mass is 32.1. The molecule has 3 aliphatic rings. The lowest BCUT2D eigenvalue weighted by atomic mass is 9.85. The van der Waals surface area contributed by atoms with Crippen molar-refractivity contribution in [3.63, 3.8) is 0 Å². The van der Waals surface area contributed by atoms with E-state index in [1.165, 1.54) is 12.1 Å². The van der Waals surface area contributed by atoms with Gasteiger partial charge in [-0.05, 0) is 67.5 Å². The number of alkyl halides is 2. The average molecular weight is 626 g/mol. The van der Waals surface area contributed by atoms with Gasteiger partial charge < -0.3 is 24.9 Å². The molecule has 1 aromatic heterocycles. The molecule has 3 heterocycles. The van der Waals surface area contributed by atoms with Crippen LogP contribution in [0.1, 0.15) is 87.4 Å². The molecule has 0 unspecified atom stereocenters. The normalized spacial score (nSPS) is 21.8. The first-order valence-corrected chi connectivity index (χ1v) is 16.9. The van der Waals surface area contributed by atoms with Crippen molar-refractivity contribution in [2.45, 2.75) is 95.4 Å². The molecule has 5 rings (SSSR count). The van der Waals surface area contributed by atoms with Gasteiger partial charge in [-0.3, -0.25) is 18.9 Å². The summed E-state index contributed by atoms with van der Waals surface area (Å²) in [6, 6.07) is 3.05.